The number of hydrogen-bond donors (Lipinski definition) is 1. The van der Waals surface area contributed by atoms with E-state index in [1.807, 2.05) is 24.3 Å². The van der Waals surface area contributed by atoms with E-state index in [1.54, 1.807) is 0 Å². The maximum atomic E-state index is 11.4. The molecule has 0 amide bonds. The second-order valence-electron chi connectivity index (χ2n) is 4.73. The highest BCUT2D eigenvalue weighted by molar-refractivity contribution is 6.30. The van der Waals surface area contributed by atoms with Crippen molar-refractivity contribution >= 4 is 23.3 Å². The van der Waals surface area contributed by atoms with Crippen molar-refractivity contribution in [2.45, 2.75) is 31.7 Å². The van der Waals surface area contributed by atoms with Crippen LogP contribution < -0.4 is 5.32 Å². The first-order valence-corrected chi connectivity index (χ1v) is 6.67. The molecule has 0 radical (unpaired) electrons. The molecule has 3 nitrogen and oxygen atoms in total. The van der Waals surface area contributed by atoms with Crippen molar-refractivity contribution < 1.29 is 9.53 Å². The minimum atomic E-state index is -0.0730. The average molecular weight is 268 g/mol. The van der Waals surface area contributed by atoms with Crippen LogP contribution in [0.2, 0.25) is 5.02 Å². The molecular formula is C14H18ClNO2. The Kier molecular flexibility index (Phi) is 4.48. The van der Waals surface area contributed by atoms with E-state index in [-0.39, 0.29) is 11.9 Å². The molecule has 0 aliphatic heterocycles. The van der Waals surface area contributed by atoms with E-state index in [2.05, 4.69) is 5.32 Å². The van der Waals surface area contributed by atoms with Gasteiger partial charge in [0.1, 0.15) is 0 Å². The van der Waals surface area contributed by atoms with Gasteiger partial charge in [-0.15, -0.1) is 0 Å². The van der Waals surface area contributed by atoms with E-state index >= 15 is 0 Å². The zero-order chi connectivity index (χ0) is 13.0. The van der Waals surface area contributed by atoms with E-state index in [0.717, 1.165) is 36.4 Å². The van der Waals surface area contributed by atoms with Gasteiger partial charge in [-0.25, -0.2) is 0 Å². The molecule has 2 rings (SSSR count). The minimum Gasteiger partial charge on any atom is -0.469 e. The number of esters is 1. The number of halogens is 1. The van der Waals surface area contributed by atoms with Crippen molar-refractivity contribution in [2.24, 2.45) is 5.92 Å². The highest BCUT2D eigenvalue weighted by atomic mass is 35.5. The van der Waals surface area contributed by atoms with Crippen LogP contribution in [0.4, 0.5) is 5.69 Å². The maximum Gasteiger partial charge on any atom is 0.308 e. The Bertz CT molecular complexity index is 414. The summed E-state index contributed by atoms with van der Waals surface area (Å²) in [6.07, 6.45) is 3.77. The lowest BCUT2D eigenvalue weighted by Crippen LogP contribution is -2.29. The monoisotopic (exact) mass is 267 g/mol. The van der Waals surface area contributed by atoms with Gasteiger partial charge in [0, 0.05) is 16.8 Å². The number of ether oxygens (including phenoxy) is 1. The molecule has 1 fully saturated rings. The summed E-state index contributed by atoms with van der Waals surface area (Å²) in [6, 6.07) is 8.15. The first kappa shape index (κ1) is 13.2. The lowest BCUT2D eigenvalue weighted by molar-refractivity contribution is -0.146. The topological polar surface area (TPSA) is 38.3 Å². The number of hydrogen-bond acceptors (Lipinski definition) is 3. The van der Waals surface area contributed by atoms with Gasteiger partial charge in [-0.1, -0.05) is 17.7 Å². The number of rotatable bonds is 3. The molecule has 1 aromatic carbocycles. The smallest absolute Gasteiger partial charge is 0.308 e. The normalized spacial score (nSPS) is 23.4. The molecule has 0 unspecified atom stereocenters. The minimum absolute atomic E-state index is 0.0730. The summed E-state index contributed by atoms with van der Waals surface area (Å²) in [5.74, 6) is 0.00335. The number of methoxy groups -OCH3 is 1. The number of carbonyl (C=O) groups excluding carboxylic acids is 1. The predicted octanol–water partition coefficient (Wildman–Crippen LogP) is 3.48. The Labute approximate surface area is 112 Å². The van der Waals surface area contributed by atoms with Crippen LogP contribution in [0, 0.1) is 5.92 Å². The Morgan fingerprint density at radius 3 is 2.67 bits per heavy atom. The molecule has 0 spiro atoms. The third kappa shape index (κ3) is 3.39. The SMILES string of the molecule is COC(=O)C1CCC(Nc2cccc(Cl)c2)CC1. The molecule has 4 heteroatoms. The largest absolute Gasteiger partial charge is 0.469 e. The number of benzene rings is 1. The summed E-state index contributed by atoms with van der Waals surface area (Å²) in [5, 5.41) is 4.20. The maximum absolute atomic E-state index is 11.4. The third-order valence-electron chi connectivity index (χ3n) is 3.46. The lowest BCUT2D eigenvalue weighted by Gasteiger charge is -2.28. The van der Waals surface area contributed by atoms with Gasteiger partial charge in [0.25, 0.3) is 0 Å². The van der Waals surface area contributed by atoms with Gasteiger partial charge < -0.3 is 10.1 Å². The van der Waals surface area contributed by atoms with Crippen molar-refractivity contribution in [3.8, 4) is 0 Å². The Hall–Kier alpha value is -1.22. The van der Waals surface area contributed by atoms with Crippen molar-refractivity contribution in [3.05, 3.63) is 29.3 Å². The number of carbonyl (C=O) groups is 1. The second-order valence-corrected chi connectivity index (χ2v) is 5.16. The van der Waals surface area contributed by atoms with E-state index in [4.69, 9.17) is 16.3 Å². The molecule has 1 aliphatic carbocycles. The molecule has 1 N–H and O–H groups in total. The highest BCUT2D eigenvalue weighted by Crippen LogP contribution is 2.28. The molecule has 0 atom stereocenters. The summed E-state index contributed by atoms with van der Waals surface area (Å²) in [7, 11) is 1.46. The van der Waals surface area contributed by atoms with Crippen LogP contribution in [0.5, 0.6) is 0 Å². The van der Waals surface area contributed by atoms with Crippen molar-refractivity contribution in [3.63, 3.8) is 0 Å². The van der Waals surface area contributed by atoms with Crippen molar-refractivity contribution in [1.82, 2.24) is 0 Å². The van der Waals surface area contributed by atoms with Gasteiger partial charge in [0.2, 0.25) is 0 Å². The summed E-state index contributed by atoms with van der Waals surface area (Å²) in [5.41, 5.74) is 1.05. The van der Waals surface area contributed by atoms with E-state index in [9.17, 15) is 4.79 Å². The van der Waals surface area contributed by atoms with E-state index in [0.29, 0.717) is 6.04 Å². The molecule has 0 bridgehead atoms. The van der Waals surface area contributed by atoms with Gasteiger partial charge >= 0.3 is 5.97 Å². The van der Waals surface area contributed by atoms with Crippen LogP contribution >= 0.6 is 11.6 Å². The van der Waals surface area contributed by atoms with E-state index in [1.165, 1.54) is 7.11 Å². The zero-order valence-corrected chi connectivity index (χ0v) is 11.2. The molecular weight excluding hydrogens is 250 g/mol. The molecule has 0 saturated heterocycles. The van der Waals surface area contributed by atoms with Crippen LogP contribution in [0.15, 0.2) is 24.3 Å². The van der Waals surface area contributed by atoms with Gasteiger partial charge in [-0.05, 0) is 43.9 Å². The van der Waals surface area contributed by atoms with E-state index < -0.39 is 0 Å². The average Bonchev–Trinajstić information content (AvgIpc) is 2.39. The van der Waals surface area contributed by atoms with Crippen molar-refractivity contribution in [1.29, 1.82) is 0 Å². The predicted molar refractivity (Wildman–Crippen MR) is 72.8 cm³/mol. The molecule has 1 aromatic rings. The molecule has 0 heterocycles. The fourth-order valence-corrected chi connectivity index (χ4v) is 2.64. The molecule has 1 saturated carbocycles. The van der Waals surface area contributed by atoms with Gasteiger partial charge in [-0.2, -0.15) is 0 Å². The van der Waals surface area contributed by atoms with Crippen LogP contribution in [-0.4, -0.2) is 19.1 Å². The molecule has 0 aromatic heterocycles. The quantitative estimate of drug-likeness (QED) is 0.852. The first-order chi connectivity index (χ1) is 8.69. The molecule has 1 aliphatic rings. The first-order valence-electron chi connectivity index (χ1n) is 6.29. The van der Waals surface area contributed by atoms with Crippen LogP contribution in [0.1, 0.15) is 25.7 Å². The lowest BCUT2D eigenvalue weighted by atomic mass is 9.86. The van der Waals surface area contributed by atoms with Gasteiger partial charge in [0.05, 0.1) is 13.0 Å². The number of nitrogens with one attached hydrogen (secondary N) is 1. The highest BCUT2D eigenvalue weighted by Gasteiger charge is 2.26. The summed E-state index contributed by atoms with van der Waals surface area (Å²) in [6.45, 7) is 0. The summed E-state index contributed by atoms with van der Waals surface area (Å²) < 4.78 is 4.78. The second kappa shape index (κ2) is 6.10. The Balaban J connectivity index is 1.85. The number of anilines is 1. The Morgan fingerprint density at radius 1 is 1.33 bits per heavy atom. The fourth-order valence-electron chi connectivity index (χ4n) is 2.45. The van der Waals surface area contributed by atoms with Gasteiger partial charge in [0.15, 0.2) is 0 Å². The fraction of sp³-hybridized carbons (Fsp3) is 0.500. The standard InChI is InChI=1S/C14H18ClNO2/c1-18-14(17)10-5-7-12(8-6-10)16-13-4-2-3-11(15)9-13/h2-4,9-10,12,16H,5-8H2,1H3. The Morgan fingerprint density at radius 2 is 2.06 bits per heavy atom. The summed E-state index contributed by atoms with van der Waals surface area (Å²) in [4.78, 5) is 11.4. The van der Waals surface area contributed by atoms with Gasteiger partial charge in [-0.3, -0.25) is 4.79 Å². The third-order valence-corrected chi connectivity index (χ3v) is 3.69. The van der Waals surface area contributed by atoms with Crippen LogP contribution in [0.25, 0.3) is 0 Å². The summed E-state index contributed by atoms with van der Waals surface area (Å²) >= 11 is 5.94. The van der Waals surface area contributed by atoms with Crippen molar-refractivity contribution in [2.75, 3.05) is 12.4 Å². The van der Waals surface area contributed by atoms with Crippen LogP contribution in [-0.2, 0) is 9.53 Å². The molecule has 18 heavy (non-hydrogen) atoms. The molecule has 98 valence electrons. The zero-order valence-electron chi connectivity index (χ0n) is 10.5. The van der Waals surface area contributed by atoms with Crippen LogP contribution in [0.3, 0.4) is 0 Å².